The summed E-state index contributed by atoms with van der Waals surface area (Å²) in [5, 5.41) is 11.9. The smallest absolute Gasteiger partial charge is 0.133 e. The minimum atomic E-state index is 0.720. The van der Waals surface area contributed by atoms with Gasteiger partial charge in [-0.1, -0.05) is 60.1 Å². The van der Waals surface area contributed by atoms with Crippen molar-refractivity contribution in [2.45, 2.75) is 19.3 Å². The predicted molar refractivity (Wildman–Crippen MR) is 113 cm³/mol. The molecule has 0 unspecified atom stereocenters. The maximum atomic E-state index is 6.25. The molecule has 4 aromatic rings. The third kappa shape index (κ3) is 2.88. The van der Waals surface area contributed by atoms with Crippen LogP contribution < -0.4 is 5.32 Å². The fourth-order valence-electron chi connectivity index (χ4n) is 3.95. The highest BCUT2D eigenvalue weighted by Crippen LogP contribution is 2.37. The van der Waals surface area contributed by atoms with Crippen LogP contribution in [0.4, 0.5) is 5.82 Å². The van der Waals surface area contributed by atoms with Crippen molar-refractivity contribution >= 4 is 28.2 Å². The SMILES string of the molecule is Clc1cccc(-n2nc(-c3cccc4ccccc34)c3c2NCCCC3)c1. The number of rotatable bonds is 2. The fraction of sp³-hybridized carbons (Fsp3) is 0.174. The molecule has 5 rings (SSSR count). The van der Waals surface area contributed by atoms with Crippen molar-refractivity contribution < 1.29 is 0 Å². The van der Waals surface area contributed by atoms with Crippen molar-refractivity contribution in [3.8, 4) is 16.9 Å². The molecule has 0 bridgehead atoms. The standard InChI is InChI=1S/C23H20ClN3/c24-17-9-6-10-18(15-17)27-23-21(12-3-4-14-25-23)22(26-27)20-13-5-8-16-7-1-2-11-19(16)20/h1-2,5-11,13,15,25H,3-4,12,14H2. The topological polar surface area (TPSA) is 29.9 Å². The van der Waals surface area contributed by atoms with Crippen molar-refractivity contribution in [3.63, 3.8) is 0 Å². The lowest BCUT2D eigenvalue weighted by Crippen LogP contribution is -2.07. The first-order valence-electron chi connectivity index (χ1n) is 9.41. The van der Waals surface area contributed by atoms with Gasteiger partial charge in [0.1, 0.15) is 5.82 Å². The normalized spacial score (nSPS) is 13.8. The van der Waals surface area contributed by atoms with E-state index in [1.165, 1.54) is 34.7 Å². The minimum Gasteiger partial charge on any atom is -0.370 e. The average Bonchev–Trinajstić information content (AvgIpc) is 2.88. The third-order valence-corrected chi connectivity index (χ3v) is 5.46. The lowest BCUT2D eigenvalue weighted by atomic mass is 9.98. The Morgan fingerprint density at radius 2 is 1.78 bits per heavy atom. The zero-order chi connectivity index (χ0) is 18.2. The summed E-state index contributed by atoms with van der Waals surface area (Å²) in [6.07, 6.45) is 3.36. The Bertz CT molecular complexity index is 1120. The molecule has 27 heavy (non-hydrogen) atoms. The Morgan fingerprint density at radius 1 is 0.926 bits per heavy atom. The molecule has 0 amide bonds. The summed E-state index contributed by atoms with van der Waals surface area (Å²) in [4.78, 5) is 0. The Balaban J connectivity index is 1.78. The van der Waals surface area contributed by atoms with Gasteiger partial charge < -0.3 is 5.32 Å². The number of benzene rings is 3. The van der Waals surface area contributed by atoms with E-state index in [0.29, 0.717) is 0 Å². The summed E-state index contributed by atoms with van der Waals surface area (Å²) in [5.74, 6) is 1.10. The van der Waals surface area contributed by atoms with E-state index >= 15 is 0 Å². The van der Waals surface area contributed by atoms with Gasteiger partial charge in [-0.2, -0.15) is 5.10 Å². The number of hydrogen-bond acceptors (Lipinski definition) is 2. The molecule has 0 atom stereocenters. The monoisotopic (exact) mass is 373 g/mol. The summed E-state index contributed by atoms with van der Waals surface area (Å²) < 4.78 is 2.02. The molecule has 0 saturated heterocycles. The van der Waals surface area contributed by atoms with Gasteiger partial charge in [0.15, 0.2) is 0 Å². The number of nitrogens with one attached hydrogen (secondary N) is 1. The van der Waals surface area contributed by atoms with Crippen molar-refractivity contribution in [3.05, 3.63) is 77.3 Å². The summed E-state index contributed by atoms with van der Waals surface area (Å²) in [5.41, 5.74) is 4.54. The van der Waals surface area contributed by atoms with E-state index < -0.39 is 0 Å². The van der Waals surface area contributed by atoms with E-state index in [4.69, 9.17) is 16.7 Å². The number of anilines is 1. The summed E-state index contributed by atoms with van der Waals surface area (Å²) in [6, 6.07) is 22.9. The minimum absolute atomic E-state index is 0.720. The molecule has 3 aromatic carbocycles. The number of hydrogen-bond donors (Lipinski definition) is 1. The Kier molecular flexibility index (Phi) is 4.10. The van der Waals surface area contributed by atoms with Crippen molar-refractivity contribution in [2.75, 3.05) is 11.9 Å². The zero-order valence-electron chi connectivity index (χ0n) is 15.0. The van der Waals surface area contributed by atoms with Gasteiger partial charge in [0.25, 0.3) is 0 Å². The molecule has 1 aromatic heterocycles. The average molecular weight is 374 g/mol. The first-order chi connectivity index (χ1) is 13.3. The van der Waals surface area contributed by atoms with Gasteiger partial charge in [-0.25, -0.2) is 4.68 Å². The van der Waals surface area contributed by atoms with Crippen LogP contribution in [0.3, 0.4) is 0 Å². The van der Waals surface area contributed by atoms with Gasteiger partial charge in [-0.3, -0.25) is 0 Å². The largest absolute Gasteiger partial charge is 0.370 e. The van der Waals surface area contributed by atoms with Gasteiger partial charge in [-0.05, 0) is 48.2 Å². The predicted octanol–water partition coefficient (Wildman–Crippen LogP) is 6.09. The van der Waals surface area contributed by atoms with Gasteiger partial charge >= 0.3 is 0 Å². The molecule has 2 heterocycles. The molecule has 0 aliphatic carbocycles. The maximum absolute atomic E-state index is 6.25. The molecule has 1 aliphatic rings. The Morgan fingerprint density at radius 3 is 2.70 bits per heavy atom. The highest BCUT2D eigenvalue weighted by molar-refractivity contribution is 6.30. The molecule has 1 N–H and O–H groups in total. The van der Waals surface area contributed by atoms with E-state index in [2.05, 4.69) is 53.8 Å². The van der Waals surface area contributed by atoms with Crippen LogP contribution in [0.1, 0.15) is 18.4 Å². The molecule has 0 saturated carbocycles. The number of halogens is 1. The van der Waals surface area contributed by atoms with Crippen molar-refractivity contribution in [1.82, 2.24) is 9.78 Å². The van der Waals surface area contributed by atoms with Crippen LogP contribution in [0.5, 0.6) is 0 Å². The van der Waals surface area contributed by atoms with Crippen molar-refractivity contribution in [2.24, 2.45) is 0 Å². The quantitative estimate of drug-likeness (QED) is 0.460. The van der Waals surface area contributed by atoms with Crippen LogP contribution in [0.2, 0.25) is 5.02 Å². The number of nitrogens with zero attached hydrogens (tertiary/aromatic N) is 2. The Hall–Kier alpha value is -2.78. The first-order valence-corrected chi connectivity index (χ1v) is 9.79. The molecule has 3 nitrogen and oxygen atoms in total. The lowest BCUT2D eigenvalue weighted by Gasteiger charge is -2.09. The molecular weight excluding hydrogens is 354 g/mol. The van der Waals surface area contributed by atoms with Gasteiger partial charge in [-0.15, -0.1) is 0 Å². The van der Waals surface area contributed by atoms with Crippen LogP contribution in [-0.4, -0.2) is 16.3 Å². The second kappa shape index (κ2) is 6.75. The van der Waals surface area contributed by atoms with E-state index in [0.717, 1.165) is 35.2 Å². The number of fused-ring (bicyclic) bond motifs is 2. The second-order valence-electron chi connectivity index (χ2n) is 6.98. The molecule has 0 fully saturated rings. The molecule has 1 aliphatic heterocycles. The van der Waals surface area contributed by atoms with Crippen LogP contribution in [0.15, 0.2) is 66.7 Å². The first kappa shape index (κ1) is 16.4. The fourth-order valence-corrected chi connectivity index (χ4v) is 4.13. The van der Waals surface area contributed by atoms with Gasteiger partial charge in [0.2, 0.25) is 0 Å². The van der Waals surface area contributed by atoms with E-state index in [1.807, 2.05) is 22.9 Å². The van der Waals surface area contributed by atoms with Crippen LogP contribution in [0, 0.1) is 0 Å². The van der Waals surface area contributed by atoms with Crippen LogP contribution in [-0.2, 0) is 6.42 Å². The second-order valence-corrected chi connectivity index (χ2v) is 7.41. The number of aromatic nitrogens is 2. The van der Waals surface area contributed by atoms with Crippen molar-refractivity contribution in [1.29, 1.82) is 0 Å². The molecule has 0 radical (unpaired) electrons. The van der Waals surface area contributed by atoms with Gasteiger partial charge in [0, 0.05) is 22.7 Å². The van der Waals surface area contributed by atoms with E-state index in [9.17, 15) is 0 Å². The lowest BCUT2D eigenvalue weighted by molar-refractivity contribution is 0.780. The molecule has 4 heteroatoms. The molecule has 134 valence electrons. The summed E-state index contributed by atoms with van der Waals surface area (Å²) in [6.45, 7) is 0.967. The third-order valence-electron chi connectivity index (χ3n) is 5.23. The molecular formula is C23H20ClN3. The molecule has 0 spiro atoms. The van der Waals surface area contributed by atoms with Crippen LogP contribution >= 0.6 is 11.6 Å². The maximum Gasteiger partial charge on any atom is 0.133 e. The van der Waals surface area contributed by atoms with E-state index in [-0.39, 0.29) is 0 Å². The Labute approximate surface area is 163 Å². The van der Waals surface area contributed by atoms with Crippen LogP contribution in [0.25, 0.3) is 27.7 Å². The highest BCUT2D eigenvalue weighted by Gasteiger charge is 2.22. The zero-order valence-corrected chi connectivity index (χ0v) is 15.7. The summed E-state index contributed by atoms with van der Waals surface area (Å²) in [7, 11) is 0. The van der Waals surface area contributed by atoms with E-state index in [1.54, 1.807) is 0 Å². The summed E-state index contributed by atoms with van der Waals surface area (Å²) >= 11 is 6.25. The van der Waals surface area contributed by atoms with Gasteiger partial charge in [0.05, 0.1) is 11.4 Å². The highest BCUT2D eigenvalue weighted by atomic mass is 35.5.